The molecular weight excluding hydrogens is 385 g/mol. The first-order chi connectivity index (χ1) is 14.7. The van der Waals surface area contributed by atoms with Crippen molar-refractivity contribution in [2.45, 2.75) is 19.4 Å². The van der Waals surface area contributed by atoms with Crippen LogP contribution in [0.15, 0.2) is 59.1 Å². The van der Waals surface area contributed by atoms with Gasteiger partial charge in [-0.05, 0) is 35.9 Å². The molecule has 0 saturated carbocycles. The summed E-state index contributed by atoms with van der Waals surface area (Å²) in [5.41, 5.74) is 1.36. The van der Waals surface area contributed by atoms with Gasteiger partial charge < -0.3 is 19.4 Å². The Morgan fingerprint density at radius 2 is 1.93 bits per heavy atom. The quantitative estimate of drug-likeness (QED) is 0.646. The molecule has 2 aromatic heterocycles. The molecule has 1 N–H and O–H groups in total. The minimum absolute atomic E-state index is 0.0731. The fraction of sp³-hybridized carbons (Fsp3) is 0.304. The van der Waals surface area contributed by atoms with Gasteiger partial charge in [-0.25, -0.2) is 9.37 Å². The number of amides is 1. The van der Waals surface area contributed by atoms with E-state index in [1.165, 1.54) is 6.07 Å². The van der Waals surface area contributed by atoms with E-state index in [9.17, 15) is 9.18 Å². The monoisotopic (exact) mass is 409 g/mol. The zero-order chi connectivity index (χ0) is 20.8. The predicted molar refractivity (Wildman–Crippen MR) is 112 cm³/mol. The molecule has 4 rings (SSSR count). The predicted octanol–water partition coefficient (Wildman–Crippen LogP) is 3.57. The lowest BCUT2D eigenvalue weighted by Gasteiger charge is -2.27. The molecule has 0 spiro atoms. The number of ether oxygens (including phenoxy) is 1. The van der Waals surface area contributed by atoms with Gasteiger partial charge in [0.25, 0.3) is 0 Å². The number of hydrogen-bond acceptors (Lipinski definition) is 5. The second kappa shape index (κ2) is 9.54. The second-order valence-corrected chi connectivity index (χ2v) is 7.15. The summed E-state index contributed by atoms with van der Waals surface area (Å²) < 4.78 is 24.9. The Labute approximate surface area is 174 Å². The highest BCUT2D eigenvalue weighted by atomic mass is 19.1. The van der Waals surface area contributed by atoms with Crippen LogP contribution in [0.4, 0.5) is 10.2 Å². The summed E-state index contributed by atoms with van der Waals surface area (Å²) in [5.74, 6) is 1.65. The summed E-state index contributed by atoms with van der Waals surface area (Å²) in [6.45, 7) is 3.55. The fourth-order valence-electron chi connectivity index (χ4n) is 3.34. The normalized spacial score (nSPS) is 14.0. The molecule has 0 bridgehead atoms. The highest BCUT2D eigenvalue weighted by Gasteiger charge is 2.13. The summed E-state index contributed by atoms with van der Waals surface area (Å²) in [5, 5.41) is 2.90. The summed E-state index contributed by atoms with van der Waals surface area (Å²) in [6.07, 6.45) is 2.54. The summed E-state index contributed by atoms with van der Waals surface area (Å²) in [4.78, 5) is 18.9. The Morgan fingerprint density at radius 3 is 2.70 bits per heavy atom. The van der Waals surface area contributed by atoms with Crippen molar-refractivity contribution in [1.29, 1.82) is 0 Å². The molecule has 30 heavy (non-hydrogen) atoms. The van der Waals surface area contributed by atoms with Gasteiger partial charge in [0.1, 0.15) is 23.2 Å². The van der Waals surface area contributed by atoms with Gasteiger partial charge in [-0.3, -0.25) is 4.79 Å². The average Bonchev–Trinajstić information content (AvgIpc) is 3.26. The molecule has 3 aromatic rings. The first-order valence-corrected chi connectivity index (χ1v) is 10.1. The largest absolute Gasteiger partial charge is 0.461 e. The number of pyridine rings is 1. The molecule has 0 atom stereocenters. The SMILES string of the molecule is O=C(CCc1ccc(-c2ccccc2F)o1)NCc1ccc(N2CCOCC2)nc1. The number of benzene rings is 1. The van der Waals surface area contributed by atoms with Crippen LogP contribution >= 0.6 is 0 Å². The molecule has 1 fully saturated rings. The molecule has 0 radical (unpaired) electrons. The van der Waals surface area contributed by atoms with E-state index in [-0.39, 0.29) is 11.7 Å². The Hall–Kier alpha value is -3.19. The molecule has 7 heteroatoms. The second-order valence-electron chi connectivity index (χ2n) is 7.15. The van der Waals surface area contributed by atoms with Gasteiger partial charge in [-0.1, -0.05) is 18.2 Å². The lowest BCUT2D eigenvalue weighted by molar-refractivity contribution is -0.121. The van der Waals surface area contributed by atoms with Crippen LogP contribution in [0.25, 0.3) is 11.3 Å². The third-order valence-corrected chi connectivity index (χ3v) is 5.03. The van der Waals surface area contributed by atoms with Crippen LogP contribution in [-0.4, -0.2) is 37.2 Å². The Kier molecular flexibility index (Phi) is 6.39. The van der Waals surface area contributed by atoms with Crippen molar-refractivity contribution in [3.8, 4) is 11.3 Å². The molecule has 3 heterocycles. The number of nitrogens with zero attached hydrogens (tertiary/aromatic N) is 2. The molecule has 1 aromatic carbocycles. The number of aromatic nitrogens is 1. The Morgan fingerprint density at radius 1 is 1.10 bits per heavy atom. The summed E-state index contributed by atoms with van der Waals surface area (Å²) >= 11 is 0. The van der Waals surface area contributed by atoms with Crippen LogP contribution < -0.4 is 10.2 Å². The maximum absolute atomic E-state index is 13.9. The highest BCUT2D eigenvalue weighted by Crippen LogP contribution is 2.25. The van der Waals surface area contributed by atoms with Crippen LogP contribution in [0.5, 0.6) is 0 Å². The van der Waals surface area contributed by atoms with Crippen molar-refractivity contribution in [3.63, 3.8) is 0 Å². The van der Waals surface area contributed by atoms with Crippen LogP contribution in [0.2, 0.25) is 0 Å². The van der Waals surface area contributed by atoms with E-state index in [0.717, 1.165) is 37.7 Å². The standard InChI is InChI=1S/C23H24FN3O3/c24-20-4-2-1-3-19(20)21-8-6-18(30-21)7-10-23(28)26-16-17-5-9-22(25-15-17)27-11-13-29-14-12-27/h1-6,8-9,15H,7,10-14,16H2,(H,26,28). The highest BCUT2D eigenvalue weighted by molar-refractivity contribution is 5.76. The van der Waals surface area contributed by atoms with E-state index < -0.39 is 0 Å². The number of rotatable bonds is 7. The van der Waals surface area contributed by atoms with E-state index in [4.69, 9.17) is 9.15 Å². The first-order valence-electron chi connectivity index (χ1n) is 10.1. The van der Waals surface area contributed by atoms with Crippen LogP contribution in [0.1, 0.15) is 17.7 Å². The van der Waals surface area contributed by atoms with E-state index in [1.54, 1.807) is 36.5 Å². The lowest BCUT2D eigenvalue weighted by Crippen LogP contribution is -2.36. The number of carbonyl (C=O) groups is 1. The number of morpholine rings is 1. The molecule has 0 unspecified atom stereocenters. The van der Waals surface area contributed by atoms with E-state index in [2.05, 4.69) is 15.2 Å². The number of hydrogen-bond donors (Lipinski definition) is 1. The van der Waals surface area contributed by atoms with Gasteiger partial charge in [0.2, 0.25) is 5.91 Å². The average molecular weight is 409 g/mol. The van der Waals surface area contributed by atoms with Crippen molar-refractivity contribution in [3.05, 3.63) is 71.9 Å². The van der Waals surface area contributed by atoms with Crippen LogP contribution in [0.3, 0.4) is 0 Å². The van der Waals surface area contributed by atoms with Crippen LogP contribution in [0, 0.1) is 5.82 Å². The minimum atomic E-state index is -0.329. The van der Waals surface area contributed by atoms with Crippen molar-refractivity contribution >= 4 is 11.7 Å². The van der Waals surface area contributed by atoms with Crippen molar-refractivity contribution in [2.75, 3.05) is 31.2 Å². The summed E-state index contributed by atoms with van der Waals surface area (Å²) in [7, 11) is 0. The maximum atomic E-state index is 13.9. The molecule has 1 saturated heterocycles. The number of carbonyl (C=O) groups excluding carboxylic acids is 1. The molecule has 156 valence electrons. The number of anilines is 1. The van der Waals surface area contributed by atoms with Crippen molar-refractivity contribution < 1.29 is 18.3 Å². The third-order valence-electron chi connectivity index (χ3n) is 5.03. The first kappa shape index (κ1) is 20.1. The summed E-state index contributed by atoms with van der Waals surface area (Å²) in [6, 6.07) is 13.9. The molecule has 1 amide bonds. The van der Waals surface area contributed by atoms with Gasteiger partial charge >= 0.3 is 0 Å². The zero-order valence-electron chi connectivity index (χ0n) is 16.6. The molecular formula is C23H24FN3O3. The zero-order valence-corrected chi connectivity index (χ0v) is 16.6. The van der Waals surface area contributed by atoms with E-state index >= 15 is 0 Å². The van der Waals surface area contributed by atoms with Crippen LogP contribution in [-0.2, 0) is 22.5 Å². The molecule has 6 nitrogen and oxygen atoms in total. The van der Waals surface area contributed by atoms with Gasteiger partial charge in [-0.15, -0.1) is 0 Å². The molecule has 1 aliphatic heterocycles. The Balaban J connectivity index is 1.24. The number of furan rings is 1. The van der Waals surface area contributed by atoms with Gasteiger partial charge in [0.15, 0.2) is 0 Å². The van der Waals surface area contributed by atoms with Gasteiger partial charge in [0, 0.05) is 38.7 Å². The van der Waals surface area contributed by atoms with E-state index in [0.29, 0.717) is 36.5 Å². The lowest BCUT2D eigenvalue weighted by atomic mass is 10.1. The molecule has 1 aliphatic rings. The smallest absolute Gasteiger partial charge is 0.220 e. The van der Waals surface area contributed by atoms with E-state index in [1.807, 2.05) is 12.1 Å². The van der Waals surface area contributed by atoms with Crippen molar-refractivity contribution in [2.24, 2.45) is 0 Å². The fourth-order valence-corrected chi connectivity index (χ4v) is 3.34. The Bertz CT molecular complexity index is 981. The molecule has 0 aliphatic carbocycles. The van der Waals surface area contributed by atoms with Crippen molar-refractivity contribution in [1.82, 2.24) is 10.3 Å². The van der Waals surface area contributed by atoms with Gasteiger partial charge in [0.05, 0.1) is 18.8 Å². The maximum Gasteiger partial charge on any atom is 0.220 e. The van der Waals surface area contributed by atoms with Gasteiger partial charge in [-0.2, -0.15) is 0 Å². The topological polar surface area (TPSA) is 67.6 Å². The third kappa shape index (κ3) is 5.04. The minimum Gasteiger partial charge on any atom is -0.461 e. The number of aryl methyl sites for hydroxylation is 1. The number of nitrogens with one attached hydrogen (secondary N) is 1. The number of halogens is 1.